The summed E-state index contributed by atoms with van der Waals surface area (Å²) in [4.78, 5) is 24.8. The van der Waals surface area contributed by atoms with E-state index < -0.39 is 29.7 Å². The van der Waals surface area contributed by atoms with Gasteiger partial charge in [-0.25, -0.2) is 4.79 Å². The first-order valence-electron chi connectivity index (χ1n) is 5.29. The van der Waals surface area contributed by atoms with E-state index in [1.54, 1.807) is 6.92 Å². The van der Waals surface area contributed by atoms with Crippen molar-refractivity contribution in [2.75, 3.05) is 6.61 Å². The van der Waals surface area contributed by atoms with E-state index in [2.05, 4.69) is 4.98 Å². The molecule has 0 saturated carbocycles. The lowest BCUT2D eigenvalue weighted by Gasteiger charge is -2.16. The highest BCUT2D eigenvalue weighted by atomic mass is 16.5. The Balaban J connectivity index is 2.37. The molecule has 2 heterocycles. The van der Waals surface area contributed by atoms with Gasteiger partial charge in [0.15, 0.2) is 0 Å². The minimum Gasteiger partial charge on any atom is -0.394 e. The molecule has 0 aromatic carbocycles. The number of aromatic amines is 1. The monoisotopic (exact) mass is 242 g/mol. The number of aliphatic hydroxyl groups is 2. The summed E-state index contributed by atoms with van der Waals surface area (Å²) in [5.41, 5.74) is -0.596. The van der Waals surface area contributed by atoms with Gasteiger partial charge in [-0.15, -0.1) is 0 Å². The Kier molecular flexibility index (Phi) is 3.14. The van der Waals surface area contributed by atoms with E-state index in [0.717, 1.165) is 0 Å². The summed E-state index contributed by atoms with van der Waals surface area (Å²) in [5, 5.41) is 18.5. The predicted molar refractivity (Wildman–Crippen MR) is 57.7 cm³/mol. The van der Waals surface area contributed by atoms with Gasteiger partial charge >= 0.3 is 5.69 Å². The molecule has 94 valence electrons. The molecule has 3 atom stereocenters. The highest BCUT2D eigenvalue weighted by Gasteiger charge is 2.35. The van der Waals surface area contributed by atoms with Crippen LogP contribution in [0.15, 0.2) is 15.7 Å². The fourth-order valence-corrected chi connectivity index (χ4v) is 2.02. The fraction of sp³-hybridized carbons (Fsp3) is 0.600. The minimum absolute atomic E-state index is 0.206. The molecule has 3 N–H and O–H groups in total. The molecule has 17 heavy (non-hydrogen) atoms. The molecular formula is C10H14N2O5. The van der Waals surface area contributed by atoms with Crippen molar-refractivity contribution in [3.8, 4) is 0 Å². The highest BCUT2D eigenvalue weighted by molar-refractivity contribution is 5.00. The smallest absolute Gasteiger partial charge is 0.330 e. The second-order valence-corrected chi connectivity index (χ2v) is 4.06. The number of H-pyrrole nitrogens is 1. The third kappa shape index (κ3) is 2.17. The minimum atomic E-state index is -0.816. The second kappa shape index (κ2) is 4.44. The zero-order valence-corrected chi connectivity index (χ0v) is 9.29. The van der Waals surface area contributed by atoms with Crippen LogP contribution in [0.25, 0.3) is 0 Å². The summed E-state index contributed by atoms with van der Waals surface area (Å²) >= 11 is 0. The number of nitrogens with zero attached hydrogens (tertiary/aromatic N) is 1. The average Bonchev–Trinajstić information content (AvgIpc) is 2.57. The topological polar surface area (TPSA) is 105 Å². The van der Waals surface area contributed by atoms with Crippen LogP contribution in [0.4, 0.5) is 0 Å². The molecule has 1 aliphatic heterocycles. The van der Waals surface area contributed by atoms with Crippen molar-refractivity contribution in [2.24, 2.45) is 0 Å². The maximum atomic E-state index is 11.6. The zero-order valence-electron chi connectivity index (χ0n) is 9.29. The zero-order chi connectivity index (χ0) is 12.6. The maximum Gasteiger partial charge on any atom is 0.330 e. The number of ether oxygens (including phenoxy) is 1. The molecule has 7 nitrogen and oxygen atoms in total. The van der Waals surface area contributed by atoms with Crippen LogP contribution >= 0.6 is 0 Å². The van der Waals surface area contributed by atoms with E-state index in [4.69, 9.17) is 9.84 Å². The predicted octanol–water partition coefficient (Wildman–Crippen LogP) is -1.51. The third-order valence-corrected chi connectivity index (χ3v) is 2.84. The van der Waals surface area contributed by atoms with Gasteiger partial charge in [-0.2, -0.15) is 0 Å². The number of rotatable bonds is 2. The van der Waals surface area contributed by atoms with E-state index in [0.29, 0.717) is 5.69 Å². The molecule has 1 aromatic heterocycles. The van der Waals surface area contributed by atoms with E-state index in [-0.39, 0.29) is 13.0 Å². The quantitative estimate of drug-likeness (QED) is 0.584. The molecule has 1 saturated heterocycles. The van der Waals surface area contributed by atoms with Crippen LogP contribution < -0.4 is 11.2 Å². The van der Waals surface area contributed by atoms with Crippen LogP contribution in [0.1, 0.15) is 18.3 Å². The van der Waals surface area contributed by atoms with Gasteiger partial charge in [-0.1, -0.05) is 0 Å². The largest absolute Gasteiger partial charge is 0.394 e. The maximum absolute atomic E-state index is 11.6. The number of aryl methyl sites for hydroxylation is 1. The van der Waals surface area contributed by atoms with Crippen molar-refractivity contribution in [2.45, 2.75) is 31.8 Å². The molecule has 1 aliphatic rings. The van der Waals surface area contributed by atoms with Gasteiger partial charge in [0.05, 0.1) is 12.7 Å². The SMILES string of the molecule is Cc1cc(=O)[nH]c(=O)n1[C@@H]1CC(O)[C@H](CO)O1. The van der Waals surface area contributed by atoms with Crippen molar-refractivity contribution in [1.82, 2.24) is 9.55 Å². The Morgan fingerprint density at radius 1 is 1.59 bits per heavy atom. The average molecular weight is 242 g/mol. The Morgan fingerprint density at radius 2 is 2.29 bits per heavy atom. The fourth-order valence-electron chi connectivity index (χ4n) is 2.02. The highest BCUT2D eigenvalue weighted by Crippen LogP contribution is 2.27. The number of aromatic nitrogens is 2. The summed E-state index contributed by atoms with van der Waals surface area (Å²) in [5.74, 6) is 0. The van der Waals surface area contributed by atoms with Crippen LogP contribution in [-0.4, -0.2) is 38.6 Å². The van der Waals surface area contributed by atoms with Gasteiger partial charge < -0.3 is 14.9 Å². The molecule has 0 bridgehead atoms. The van der Waals surface area contributed by atoms with E-state index in [9.17, 15) is 14.7 Å². The Bertz CT molecular complexity index is 520. The second-order valence-electron chi connectivity index (χ2n) is 4.06. The lowest BCUT2D eigenvalue weighted by atomic mass is 10.2. The van der Waals surface area contributed by atoms with Crippen LogP contribution in [-0.2, 0) is 4.74 Å². The van der Waals surface area contributed by atoms with Gasteiger partial charge in [0, 0.05) is 18.2 Å². The molecule has 1 unspecified atom stereocenters. The molecule has 0 amide bonds. The number of aliphatic hydroxyl groups excluding tert-OH is 2. The lowest BCUT2D eigenvalue weighted by Crippen LogP contribution is -2.34. The van der Waals surface area contributed by atoms with E-state index >= 15 is 0 Å². The van der Waals surface area contributed by atoms with E-state index in [1.807, 2.05) is 0 Å². The van der Waals surface area contributed by atoms with Crippen molar-refractivity contribution in [3.05, 3.63) is 32.6 Å². The molecule has 0 aliphatic carbocycles. The Morgan fingerprint density at radius 3 is 2.82 bits per heavy atom. The van der Waals surface area contributed by atoms with Crippen molar-refractivity contribution < 1.29 is 14.9 Å². The van der Waals surface area contributed by atoms with Crippen LogP contribution in [0.3, 0.4) is 0 Å². The summed E-state index contributed by atoms with van der Waals surface area (Å²) in [6.45, 7) is 1.30. The third-order valence-electron chi connectivity index (χ3n) is 2.84. The van der Waals surface area contributed by atoms with Crippen LogP contribution in [0.2, 0.25) is 0 Å². The van der Waals surface area contributed by atoms with Crippen LogP contribution in [0, 0.1) is 6.92 Å². The first-order chi connectivity index (χ1) is 8.02. The summed E-state index contributed by atoms with van der Waals surface area (Å²) in [6, 6.07) is 1.28. The Hall–Kier alpha value is -1.44. The molecule has 0 radical (unpaired) electrons. The summed E-state index contributed by atoms with van der Waals surface area (Å²) < 4.78 is 6.62. The number of nitrogens with one attached hydrogen (secondary N) is 1. The molecule has 0 spiro atoms. The summed E-state index contributed by atoms with van der Waals surface area (Å²) in [7, 11) is 0. The van der Waals surface area contributed by atoms with Gasteiger partial charge in [0.2, 0.25) is 0 Å². The molecule has 7 heteroatoms. The van der Waals surface area contributed by atoms with Gasteiger partial charge in [-0.05, 0) is 6.92 Å². The molecule has 1 aromatic rings. The standard InChI is InChI=1S/C10H14N2O5/c1-5-2-8(15)11-10(16)12(5)9-3-6(14)7(4-13)17-9/h2,6-7,9,13-14H,3-4H2,1H3,(H,11,15,16)/t6?,7-,9-/m0/s1. The lowest BCUT2D eigenvalue weighted by molar-refractivity contribution is -0.0465. The van der Waals surface area contributed by atoms with Crippen molar-refractivity contribution in [1.29, 1.82) is 0 Å². The Labute approximate surface area is 96.3 Å². The normalized spacial score (nSPS) is 28.5. The first-order valence-corrected chi connectivity index (χ1v) is 5.29. The van der Waals surface area contributed by atoms with E-state index in [1.165, 1.54) is 10.6 Å². The number of hydrogen-bond acceptors (Lipinski definition) is 5. The molecular weight excluding hydrogens is 228 g/mol. The van der Waals surface area contributed by atoms with Crippen LogP contribution in [0.5, 0.6) is 0 Å². The van der Waals surface area contributed by atoms with Crippen molar-refractivity contribution in [3.63, 3.8) is 0 Å². The van der Waals surface area contributed by atoms with Crippen molar-refractivity contribution >= 4 is 0 Å². The van der Waals surface area contributed by atoms with Gasteiger partial charge in [-0.3, -0.25) is 14.3 Å². The van der Waals surface area contributed by atoms with Gasteiger partial charge in [0.25, 0.3) is 5.56 Å². The summed E-state index contributed by atoms with van der Waals surface area (Å²) in [6.07, 6.45) is -1.97. The molecule has 2 rings (SSSR count). The number of hydrogen-bond donors (Lipinski definition) is 3. The first kappa shape index (κ1) is 12.0. The van der Waals surface area contributed by atoms with Gasteiger partial charge in [0.1, 0.15) is 12.3 Å². The molecule has 1 fully saturated rings.